The number of hydrogen-bond acceptors (Lipinski definition) is 4. The second-order valence-corrected chi connectivity index (χ2v) is 10.8. The van der Waals surface area contributed by atoms with Gasteiger partial charge in [0.2, 0.25) is 0 Å². The van der Waals surface area contributed by atoms with Crippen LogP contribution in [0.4, 0.5) is 15.8 Å². The summed E-state index contributed by atoms with van der Waals surface area (Å²) < 4.78 is 13.8. The lowest BCUT2D eigenvalue weighted by Crippen LogP contribution is -2.36. The maximum Gasteiger partial charge on any atom is 0.256 e. The summed E-state index contributed by atoms with van der Waals surface area (Å²) in [6.07, 6.45) is 0.681. The zero-order valence-corrected chi connectivity index (χ0v) is 24.4. The van der Waals surface area contributed by atoms with Gasteiger partial charge in [0.1, 0.15) is 5.82 Å². The monoisotopic (exact) mass is 578 g/mol. The predicted octanol–water partition coefficient (Wildman–Crippen LogP) is 6.01. The van der Waals surface area contributed by atoms with Crippen LogP contribution in [0.3, 0.4) is 0 Å². The van der Waals surface area contributed by atoms with Crippen LogP contribution >= 0.6 is 0 Å². The van der Waals surface area contributed by atoms with Crippen molar-refractivity contribution in [3.05, 3.63) is 131 Å². The highest BCUT2D eigenvalue weighted by Crippen LogP contribution is 2.28. The Morgan fingerprint density at radius 2 is 1.58 bits per heavy atom. The Hall–Kier alpha value is -4.98. The van der Waals surface area contributed by atoms with Crippen molar-refractivity contribution < 1.29 is 18.8 Å². The van der Waals surface area contributed by atoms with Crippen molar-refractivity contribution in [2.75, 3.05) is 43.4 Å². The van der Waals surface area contributed by atoms with Gasteiger partial charge in [-0.2, -0.15) is 0 Å². The van der Waals surface area contributed by atoms with Crippen LogP contribution in [0.25, 0.3) is 0 Å². The van der Waals surface area contributed by atoms with Gasteiger partial charge < -0.3 is 20.0 Å². The Kier molecular flexibility index (Phi) is 9.15. The number of nitrogens with zero attached hydrogens (tertiary/aromatic N) is 3. The minimum atomic E-state index is -0.445. The molecule has 0 spiro atoms. The smallest absolute Gasteiger partial charge is 0.256 e. The second kappa shape index (κ2) is 13.3. The zero-order valence-electron chi connectivity index (χ0n) is 24.4. The molecule has 220 valence electrons. The van der Waals surface area contributed by atoms with Crippen LogP contribution in [-0.2, 0) is 6.54 Å². The average molecular weight is 579 g/mol. The fraction of sp³-hybridized carbons (Fsp3) is 0.229. The molecule has 1 aliphatic heterocycles. The molecule has 1 N–H and O–H groups in total. The van der Waals surface area contributed by atoms with Gasteiger partial charge in [-0.1, -0.05) is 54.1 Å². The molecule has 1 heterocycles. The van der Waals surface area contributed by atoms with Gasteiger partial charge in [0.25, 0.3) is 17.7 Å². The number of halogens is 1. The topological polar surface area (TPSA) is 73.0 Å². The number of carbonyl (C=O) groups is 3. The maximum atomic E-state index is 13.9. The first-order chi connectivity index (χ1) is 20.8. The van der Waals surface area contributed by atoms with Gasteiger partial charge in [0, 0.05) is 62.3 Å². The number of nitrogens with one attached hydrogen (secondary N) is 1. The number of rotatable bonds is 7. The van der Waals surface area contributed by atoms with Crippen LogP contribution in [0.5, 0.6) is 0 Å². The summed E-state index contributed by atoms with van der Waals surface area (Å²) in [4.78, 5) is 45.5. The molecule has 0 bridgehead atoms. The van der Waals surface area contributed by atoms with Crippen molar-refractivity contribution in [1.82, 2.24) is 9.80 Å². The van der Waals surface area contributed by atoms with E-state index in [1.807, 2.05) is 55.5 Å². The van der Waals surface area contributed by atoms with E-state index in [0.717, 1.165) is 16.8 Å². The summed E-state index contributed by atoms with van der Waals surface area (Å²) >= 11 is 0. The third kappa shape index (κ3) is 7.27. The van der Waals surface area contributed by atoms with Crippen molar-refractivity contribution in [2.24, 2.45) is 0 Å². The predicted molar refractivity (Wildman–Crippen MR) is 167 cm³/mol. The molecule has 1 aliphatic rings. The minimum absolute atomic E-state index is 0.178. The Labute approximate surface area is 251 Å². The number of hydrogen-bond donors (Lipinski definition) is 1. The van der Waals surface area contributed by atoms with Gasteiger partial charge in [-0.05, 0) is 67.4 Å². The highest BCUT2D eigenvalue weighted by Gasteiger charge is 2.25. The largest absolute Gasteiger partial charge is 0.369 e. The Balaban J connectivity index is 1.39. The molecule has 8 heteroatoms. The summed E-state index contributed by atoms with van der Waals surface area (Å²) in [5.41, 5.74) is 4.63. The molecular formula is C35H35FN4O3. The lowest BCUT2D eigenvalue weighted by Gasteiger charge is -2.28. The number of benzene rings is 4. The van der Waals surface area contributed by atoms with Crippen LogP contribution in [0.15, 0.2) is 97.1 Å². The van der Waals surface area contributed by atoms with Gasteiger partial charge in [0.05, 0.1) is 5.56 Å². The van der Waals surface area contributed by atoms with Crippen LogP contribution in [0.1, 0.15) is 48.6 Å². The summed E-state index contributed by atoms with van der Waals surface area (Å²) in [5, 5.41) is 2.94. The fourth-order valence-corrected chi connectivity index (χ4v) is 5.27. The van der Waals surface area contributed by atoms with Gasteiger partial charge in [-0.15, -0.1) is 0 Å². The molecule has 3 amide bonds. The summed E-state index contributed by atoms with van der Waals surface area (Å²) in [7, 11) is 1.76. The van der Waals surface area contributed by atoms with Crippen molar-refractivity contribution in [2.45, 2.75) is 19.9 Å². The van der Waals surface area contributed by atoms with E-state index in [2.05, 4.69) is 10.2 Å². The molecule has 0 unspecified atom stereocenters. The molecule has 0 aromatic heterocycles. The number of anilines is 2. The number of carbonyl (C=O) groups excluding carboxylic acids is 3. The van der Waals surface area contributed by atoms with E-state index in [0.29, 0.717) is 61.5 Å². The van der Waals surface area contributed by atoms with E-state index in [4.69, 9.17) is 0 Å². The SMILES string of the molecule is Cc1ccc(C(=O)Nc2ccc(N3CCCN(C(=O)c4cccc(F)c4)CC3)c(C(=O)N(C)Cc3ccccc3)c2)cc1. The Bertz CT molecular complexity index is 1610. The van der Waals surface area contributed by atoms with Crippen LogP contribution < -0.4 is 10.2 Å². The van der Waals surface area contributed by atoms with Gasteiger partial charge in [0.15, 0.2) is 0 Å². The molecule has 0 radical (unpaired) electrons. The molecule has 5 rings (SSSR count). The van der Waals surface area contributed by atoms with E-state index >= 15 is 0 Å². The van der Waals surface area contributed by atoms with E-state index < -0.39 is 5.82 Å². The summed E-state index contributed by atoms with van der Waals surface area (Å²) in [6.45, 7) is 4.46. The van der Waals surface area contributed by atoms with Crippen LogP contribution in [-0.4, -0.2) is 60.7 Å². The quantitative estimate of drug-likeness (QED) is 0.292. The highest BCUT2D eigenvalue weighted by atomic mass is 19.1. The first kappa shape index (κ1) is 29.5. The molecule has 0 saturated carbocycles. The lowest BCUT2D eigenvalue weighted by atomic mass is 10.1. The van der Waals surface area contributed by atoms with E-state index in [-0.39, 0.29) is 17.7 Å². The van der Waals surface area contributed by atoms with Crippen molar-refractivity contribution in [3.63, 3.8) is 0 Å². The van der Waals surface area contributed by atoms with Crippen molar-refractivity contribution in [3.8, 4) is 0 Å². The Morgan fingerprint density at radius 3 is 2.33 bits per heavy atom. The average Bonchev–Trinajstić information content (AvgIpc) is 3.27. The van der Waals surface area contributed by atoms with Crippen LogP contribution in [0.2, 0.25) is 0 Å². The molecule has 4 aromatic carbocycles. The number of aryl methyl sites for hydroxylation is 1. The van der Waals surface area contributed by atoms with Crippen LogP contribution in [0, 0.1) is 12.7 Å². The van der Waals surface area contributed by atoms with Gasteiger partial charge >= 0.3 is 0 Å². The summed E-state index contributed by atoms with van der Waals surface area (Å²) in [6, 6.07) is 28.2. The van der Waals surface area contributed by atoms with E-state index in [9.17, 15) is 18.8 Å². The molecule has 0 aliphatic carbocycles. The molecule has 4 aromatic rings. The third-order valence-electron chi connectivity index (χ3n) is 7.60. The zero-order chi connectivity index (χ0) is 30.3. The molecule has 7 nitrogen and oxygen atoms in total. The van der Waals surface area contributed by atoms with Crippen molar-refractivity contribution >= 4 is 29.1 Å². The summed E-state index contributed by atoms with van der Waals surface area (Å²) in [5.74, 6) is -1.10. The highest BCUT2D eigenvalue weighted by molar-refractivity contribution is 6.06. The lowest BCUT2D eigenvalue weighted by molar-refractivity contribution is 0.0763. The third-order valence-corrected chi connectivity index (χ3v) is 7.60. The normalized spacial score (nSPS) is 13.3. The van der Waals surface area contributed by atoms with E-state index in [1.54, 1.807) is 47.2 Å². The first-order valence-corrected chi connectivity index (χ1v) is 14.4. The van der Waals surface area contributed by atoms with Gasteiger partial charge in [-0.25, -0.2) is 4.39 Å². The maximum absolute atomic E-state index is 13.9. The Morgan fingerprint density at radius 1 is 0.814 bits per heavy atom. The number of amides is 3. The fourth-order valence-electron chi connectivity index (χ4n) is 5.27. The molecular weight excluding hydrogens is 543 g/mol. The molecule has 43 heavy (non-hydrogen) atoms. The van der Waals surface area contributed by atoms with Crippen molar-refractivity contribution in [1.29, 1.82) is 0 Å². The first-order valence-electron chi connectivity index (χ1n) is 14.4. The van der Waals surface area contributed by atoms with E-state index in [1.165, 1.54) is 18.2 Å². The van der Waals surface area contributed by atoms with Gasteiger partial charge in [-0.3, -0.25) is 14.4 Å². The second-order valence-electron chi connectivity index (χ2n) is 10.8. The molecule has 1 fully saturated rings. The molecule has 0 atom stereocenters. The minimum Gasteiger partial charge on any atom is -0.369 e. The molecule has 1 saturated heterocycles. The standard InChI is InChI=1S/C35H35FN4O3/c1-25-12-14-27(15-13-25)33(41)37-30-16-17-32(31(23-30)35(43)38(2)24-26-8-4-3-5-9-26)39-18-7-19-40(21-20-39)34(42)28-10-6-11-29(36)22-28/h3-6,8-17,22-23H,7,18-21,24H2,1-2H3,(H,37,41).